The van der Waals surface area contributed by atoms with Crippen LogP contribution in [0.15, 0.2) is 42.0 Å². The third-order valence-electron chi connectivity index (χ3n) is 2.55. The van der Waals surface area contributed by atoms with Crippen molar-refractivity contribution in [2.24, 2.45) is 0 Å². The zero-order valence-corrected chi connectivity index (χ0v) is 11.3. The van der Waals surface area contributed by atoms with Crippen molar-refractivity contribution in [3.05, 3.63) is 42.0 Å². The molecule has 0 aliphatic rings. The predicted molar refractivity (Wildman–Crippen MR) is 71.8 cm³/mol. The highest BCUT2D eigenvalue weighted by atomic mass is 16.5. The van der Waals surface area contributed by atoms with Crippen LogP contribution in [0, 0.1) is 0 Å². The minimum absolute atomic E-state index is 0.237. The first-order chi connectivity index (χ1) is 9.08. The molecule has 1 aromatic rings. The van der Waals surface area contributed by atoms with Gasteiger partial charge < -0.3 is 14.4 Å². The van der Waals surface area contributed by atoms with Gasteiger partial charge in [-0.3, -0.25) is 0 Å². The van der Waals surface area contributed by atoms with E-state index in [1.54, 1.807) is 0 Å². The van der Waals surface area contributed by atoms with Crippen molar-refractivity contribution in [2.45, 2.75) is 0 Å². The van der Waals surface area contributed by atoms with Gasteiger partial charge in [0.05, 0.1) is 26.3 Å². The van der Waals surface area contributed by atoms with Crippen molar-refractivity contribution in [1.29, 1.82) is 0 Å². The average molecular weight is 263 g/mol. The largest absolute Gasteiger partial charge is 0.466 e. The predicted octanol–water partition coefficient (Wildman–Crippen LogP) is 1.40. The summed E-state index contributed by atoms with van der Waals surface area (Å²) in [5.74, 6) is -1.13. The molecule has 0 spiro atoms. The maximum atomic E-state index is 11.6. The molecule has 5 heteroatoms. The molecule has 0 aliphatic carbocycles. The fraction of sp³-hybridized carbons (Fsp3) is 0.286. The Kier molecular flexibility index (Phi) is 5.60. The first-order valence-corrected chi connectivity index (χ1v) is 5.71. The third-order valence-corrected chi connectivity index (χ3v) is 2.55. The van der Waals surface area contributed by atoms with Crippen LogP contribution >= 0.6 is 0 Å². The van der Waals surface area contributed by atoms with E-state index in [0.29, 0.717) is 0 Å². The van der Waals surface area contributed by atoms with Crippen molar-refractivity contribution >= 4 is 17.6 Å². The smallest absolute Gasteiger partial charge is 0.335 e. The Morgan fingerprint density at radius 1 is 1.16 bits per heavy atom. The first kappa shape index (κ1) is 14.8. The molecule has 0 saturated carbocycles. The standard InChI is InChI=1S/C14H17NO4/c1-15(12-7-5-4-6-8-12)10-11(14(17)19-3)9-13(16)18-2/h4-9H,10H2,1-3H3/b11-9+. The summed E-state index contributed by atoms with van der Waals surface area (Å²) >= 11 is 0. The number of hydrogen-bond acceptors (Lipinski definition) is 5. The number of nitrogens with zero attached hydrogens (tertiary/aromatic N) is 1. The molecule has 102 valence electrons. The highest BCUT2D eigenvalue weighted by Gasteiger charge is 2.14. The number of carbonyl (C=O) groups excluding carboxylic acids is 2. The second kappa shape index (κ2) is 7.20. The maximum absolute atomic E-state index is 11.6. The molecule has 0 amide bonds. The molecule has 0 aromatic heterocycles. The Morgan fingerprint density at radius 3 is 2.32 bits per heavy atom. The van der Waals surface area contributed by atoms with Crippen molar-refractivity contribution in [2.75, 3.05) is 32.7 Å². The molecule has 0 heterocycles. The molecule has 0 N–H and O–H groups in total. The van der Waals surface area contributed by atoms with Crippen LogP contribution in [0.25, 0.3) is 0 Å². The topological polar surface area (TPSA) is 55.8 Å². The SMILES string of the molecule is COC(=O)/C=C(\CN(C)c1ccccc1)C(=O)OC. The third kappa shape index (κ3) is 4.46. The van der Waals surface area contributed by atoms with Crippen molar-refractivity contribution in [3.63, 3.8) is 0 Å². The van der Waals surface area contributed by atoms with Gasteiger partial charge in [0, 0.05) is 18.8 Å². The van der Waals surface area contributed by atoms with Gasteiger partial charge in [-0.1, -0.05) is 18.2 Å². The van der Waals surface area contributed by atoms with Gasteiger partial charge in [-0.2, -0.15) is 0 Å². The summed E-state index contributed by atoms with van der Waals surface area (Å²) in [5.41, 5.74) is 1.17. The molecule has 5 nitrogen and oxygen atoms in total. The minimum Gasteiger partial charge on any atom is -0.466 e. The second-order valence-electron chi connectivity index (χ2n) is 3.88. The second-order valence-corrected chi connectivity index (χ2v) is 3.88. The Hall–Kier alpha value is -2.30. The fourth-order valence-corrected chi connectivity index (χ4v) is 1.53. The molecule has 0 saturated heterocycles. The molecule has 0 unspecified atom stereocenters. The maximum Gasteiger partial charge on any atom is 0.335 e. The van der Waals surface area contributed by atoms with Gasteiger partial charge in [0.2, 0.25) is 0 Å². The van der Waals surface area contributed by atoms with Crippen LogP contribution in [0.1, 0.15) is 0 Å². The molecular weight excluding hydrogens is 246 g/mol. The van der Waals surface area contributed by atoms with Crippen molar-refractivity contribution in [1.82, 2.24) is 0 Å². The number of ether oxygens (including phenoxy) is 2. The van der Waals surface area contributed by atoms with Gasteiger partial charge in [-0.05, 0) is 12.1 Å². The number of para-hydroxylation sites is 1. The normalized spacial score (nSPS) is 10.8. The molecular formula is C14H17NO4. The molecule has 1 rings (SSSR count). The number of likely N-dealkylation sites (N-methyl/N-ethyl adjacent to an activating group) is 1. The van der Waals surface area contributed by atoms with E-state index in [4.69, 9.17) is 0 Å². The lowest BCUT2D eigenvalue weighted by Gasteiger charge is -2.19. The summed E-state index contributed by atoms with van der Waals surface area (Å²) in [6, 6.07) is 9.52. The summed E-state index contributed by atoms with van der Waals surface area (Å²) in [6.07, 6.45) is 1.14. The number of rotatable bonds is 5. The van der Waals surface area contributed by atoms with Gasteiger partial charge in [-0.25, -0.2) is 9.59 Å². The lowest BCUT2D eigenvalue weighted by molar-refractivity contribution is -0.138. The van der Waals surface area contributed by atoms with Crippen LogP contribution in [0.5, 0.6) is 0 Å². The highest BCUT2D eigenvalue weighted by Crippen LogP contribution is 2.13. The van der Waals surface area contributed by atoms with Gasteiger partial charge in [0.25, 0.3) is 0 Å². The molecule has 1 aromatic carbocycles. The molecule has 0 radical (unpaired) electrons. The monoisotopic (exact) mass is 263 g/mol. The molecule has 19 heavy (non-hydrogen) atoms. The summed E-state index contributed by atoms with van der Waals surface area (Å²) in [7, 11) is 4.36. The van der Waals surface area contributed by atoms with Gasteiger partial charge >= 0.3 is 11.9 Å². The average Bonchev–Trinajstić information content (AvgIpc) is 2.46. The van der Waals surface area contributed by atoms with Crippen molar-refractivity contribution < 1.29 is 19.1 Å². The quantitative estimate of drug-likeness (QED) is 0.593. The van der Waals surface area contributed by atoms with Crippen molar-refractivity contribution in [3.8, 4) is 0 Å². The summed E-state index contributed by atoms with van der Waals surface area (Å²) in [4.78, 5) is 24.7. The van der Waals surface area contributed by atoms with E-state index in [9.17, 15) is 9.59 Å². The Bertz CT molecular complexity index is 468. The van der Waals surface area contributed by atoms with E-state index >= 15 is 0 Å². The fourth-order valence-electron chi connectivity index (χ4n) is 1.53. The number of benzene rings is 1. The van der Waals surface area contributed by atoms with Crippen LogP contribution < -0.4 is 4.90 Å². The van der Waals surface area contributed by atoms with E-state index in [1.165, 1.54) is 14.2 Å². The zero-order chi connectivity index (χ0) is 14.3. The molecule has 0 bridgehead atoms. The van der Waals surface area contributed by atoms with Gasteiger partial charge in [-0.15, -0.1) is 0 Å². The van der Waals surface area contributed by atoms with Crippen LogP contribution in [-0.2, 0) is 19.1 Å². The van der Waals surface area contributed by atoms with Crippen LogP contribution in [0.3, 0.4) is 0 Å². The summed E-state index contributed by atoms with van der Waals surface area (Å²) in [5, 5.41) is 0. The van der Waals surface area contributed by atoms with E-state index in [-0.39, 0.29) is 12.1 Å². The summed E-state index contributed by atoms with van der Waals surface area (Å²) in [6.45, 7) is 0.256. The van der Waals surface area contributed by atoms with Crippen LogP contribution in [-0.4, -0.2) is 39.8 Å². The number of hydrogen-bond donors (Lipinski definition) is 0. The Morgan fingerprint density at radius 2 is 1.79 bits per heavy atom. The van der Waals surface area contributed by atoms with E-state index in [2.05, 4.69) is 9.47 Å². The number of carbonyl (C=O) groups is 2. The van der Waals surface area contributed by atoms with Crippen LogP contribution in [0.4, 0.5) is 5.69 Å². The zero-order valence-electron chi connectivity index (χ0n) is 11.3. The Balaban J connectivity index is 2.87. The molecule has 0 atom stereocenters. The summed E-state index contributed by atoms with van der Waals surface area (Å²) < 4.78 is 9.17. The Labute approximate surface area is 112 Å². The van der Waals surface area contributed by atoms with Crippen LogP contribution in [0.2, 0.25) is 0 Å². The van der Waals surface area contributed by atoms with Gasteiger partial charge in [0.1, 0.15) is 0 Å². The number of esters is 2. The number of methoxy groups -OCH3 is 2. The highest BCUT2D eigenvalue weighted by molar-refractivity contribution is 5.97. The molecule has 0 fully saturated rings. The van der Waals surface area contributed by atoms with Gasteiger partial charge in [0.15, 0.2) is 0 Å². The lowest BCUT2D eigenvalue weighted by Crippen LogP contribution is -2.25. The number of anilines is 1. The van der Waals surface area contributed by atoms with E-state index in [0.717, 1.165) is 11.8 Å². The first-order valence-electron chi connectivity index (χ1n) is 5.71. The minimum atomic E-state index is -0.582. The lowest BCUT2D eigenvalue weighted by atomic mass is 10.2. The van der Waals surface area contributed by atoms with E-state index in [1.807, 2.05) is 42.3 Å². The molecule has 0 aliphatic heterocycles. The van der Waals surface area contributed by atoms with E-state index < -0.39 is 11.9 Å².